The summed E-state index contributed by atoms with van der Waals surface area (Å²) < 4.78 is 5.49. The molecule has 18 heavy (non-hydrogen) atoms. The van der Waals surface area contributed by atoms with Crippen molar-refractivity contribution in [1.29, 1.82) is 5.26 Å². The zero-order chi connectivity index (χ0) is 13.1. The van der Waals surface area contributed by atoms with Crippen molar-refractivity contribution in [3.8, 4) is 6.07 Å². The molecule has 5 heteroatoms. The lowest BCUT2D eigenvalue weighted by molar-refractivity contribution is -0.0103. The highest BCUT2D eigenvalue weighted by molar-refractivity contribution is 6.32. The van der Waals surface area contributed by atoms with Crippen molar-refractivity contribution in [3.63, 3.8) is 0 Å². The number of nitriles is 1. The van der Waals surface area contributed by atoms with Crippen LogP contribution in [0, 0.1) is 11.3 Å². The van der Waals surface area contributed by atoms with E-state index >= 15 is 0 Å². The molecule has 0 saturated carbocycles. The summed E-state index contributed by atoms with van der Waals surface area (Å²) in [6.07, 6.45) is -0.171. The van der Waals surface area contributed by atoms with Crippen LogP contribution in [-0.4, -0.2) is 37.0 Å². The van der Waals surface area contributed by atoms with Crippen molar-refractivity contribution in [3.05, 3.63) is 28.8 Å². The van der Waals surface area contributed by atoms with Crippen LogP contribution in [0.2, 0.25) is 5.02 Å². The van der Waals surface area contributed by atoms with Crippen LogP contribution in [0.1, 0.15) is 12.5 Å². The average Bonchev–Trinajstić information content (AvgIpc) is 2.39. The minimum Gasteiger partial charge on any atom is -0.394 e. The molecule has 2 unspecified atom stereocenters. The highest BCUT2D eigenvalue weighted by atomic mass is 35.5. The Balaban J connectivity index is 2.24. The van der Waals surface area contributed by atoms with E-state index in [2.05, 4.69) is 11.8 Å². The molecule has 1 N–H and O–H groups in total. The standard InChI is InChI=1S/C13H15ClN2O2/c1-9-8-18-12(7-17)6-16(9)11-3-2-10(5-15)13(14)4-11/h2-4,9,12,17H,6-8H2,1H3. The predicted molar refractivity (Wildman–Crippen MR) is 69.8 cm³/mol. The Morgan fingerprint density at radius 1 is 1.61 bits per heavy atom. The van der Waals surface area contributed by atoms with Crippen molar-refractivity contribution < 1.29 is 9.84 Å². The van der Waals surface area contributed by atoms with Crippen molar-refractivity contribution in [2.75, 3.05) is 24.7 Å². The first-order valence-corrected chi connectivity index (χ1v) is 6.22. The molecular weight excluding hydrogens is 252 g/mol. The molecule has 1 aliphatic rings. The van der Waals surface area contributed by atoms with Crippen LogP contribution in [-0.2, 0) is 4.74 Å². The van der Waals surface area contributed by atoms with Gasteiger partial charge in [-0.05, 0) is 25.1 Å². The zero-order valence-electron chi connectivity index (χ0n) is 10.1. The Morgan fingerprint density at radius 3 is 3.00 bits per heavy atom. The number of rotatable bonds is 2. The quantitative estimate of drug-likeness (QED) is 0.887. The lowest BCUT2D eigenvalue weighted by atomic mass is 10.1. The Morgan fingerprint density at radius 2 is 2.39 bits per heavy atom. The van der Waals surface area contributed by atoms with Gasteiger partial charge in [0.1, 0.15) is 6.07 Å². The second-order valence-electron chi connectivity index (χ2n) is 4.42. The maximum atomic E-state index is 9.16. The van der Waals surface area contributed by atoms with E-state index in [-0.39, 0.29) is 18.8 Å². The van der Waals surface area contributed by atoms with E-state index < -0.39 is 0 Å². The molecule has 4 nitrogen and oxygen atoms in total. The molecule has 1 saturated heterocycles. The molecule has 0 bridgehead atoms. The highest BCUT2D eigenvalue weighted by Crippen LogP contribution is 2.26. The minimum absolute atomic E-state index is 0.00717. The van der Waals surface area contributed by atoms with Crippen LogP contribution in [0.4, 0.5) is 5.69 Å². The molecule has 1 heterocycles. The minimum atomic E-state index is -0.171. The van der Waals surface area contributed by atoms with Crippen molar-refractivity contribution in [2.45, 2.75) is 19.1 Å². The highest BCUT2D eigenvalue weighted by Gasteiger charge is 2.26. The number of halogens is 1. The van der Waals surface area contributed by atoms with Crippen LogP contribution < -0.4 is 4.90 Å². The fourth-order valence-corrected chi connectivity index (χ4v) is 2.28. The van der Waals surface area contributed by atoms with E-state index in [0.717, 1.165) is 5.69 Å². The number of hydrogen-bond acceptors (Lipinski definition) is 4. The molecule has 96 valence electrons. The van der Waals surface area contributed by atoms with Crippen LogP contribution in [0.3, 0.4) is 0 Å². The molecule has 0 amide bonds. The van der Waals surface area contributed by atoms with Crippen LogP contribution in [0.15, 0.2) is 18.2 Å². The summed E-state index contributed by atoms with van der Waals surface area (Å²) in [6, 6.07) is 7.64. The first kappa shape index (κ1) is 13.2. The molecule has 2 atom stereocenters. The van der Waals surface area contributed by atoms with Gasteiger partial charge in [-0.1, -0.05) is 11.6 Å². The Kier molecular flexibility index (Phi) is 4.07. The van der Waals surface area contributed by atoms with E-state index in [1.54, 1.807) is 12.1 Å². The Labute approximate surface area is 111 Å². The second-order valence-corrected chi connectivity index (χ2v) is 4.82. The summed E-state index contributed by atoms with van der Waals surface area (Å²) in [6.45, 7) is 3.26. The summed E-state index contributed by atoms with van der Waals surface area (Å²) >= 11 is 6.04. The summed E-state index contributed by atoms with van der Waals surface area (Å²) in [4.78, 5) is 2.14. The number of ether oxygens (including phenoxy) is 1. The number of hydrogen-bond donors (Lipinski definition) is 1. The third-order valence-corrected chi connectivity index (χ3v) is 3.43. The Hall–Kier alpha value is -1.28. The van der Waals surface area contributed by atoms with Crippen LogP contribution >= 0.6 is 11.6 Å². The number of morpholine rings is 1. The summed E-state index contributed by atoms with van der Waals surface area (Å²) in [5, 5.41) is 18.5. The van der Waals surface area contributed by atoms with E-state index in [1.807, 2.05) is 12.1 Å². The van der Waals surface area contributed by atoms with E-state index in [0.29, 0.717) is 23.7 Å². The molecule has 2 rings (SSSR count). The average molecular weight is 267 g/mol. The number of benzene rings is 1. The van der Waals surface area contributed by atoms with Gasteiger partial charge in [0.25, 0.3) is 0 Å². The monoisotopic (exact) mass is 266 g/mol. The first-order chi connectivity index (χ1) is 8.65. The fraction of sp³-hybridized carbons (Fsp3) is 0.462. The number of aliphatic hydroxyl groups excluding tert-OH is 1. The number of nitrogens with zero attached hydrogens (tertiary/aromatic N) is 2. The van der Waals surface area contributed by atoms with E-state index in [4.69, 9.17) is 26.7 Å². The molecule has 0 aromatic heterocycles. The molecule has 0 aliphatic carbocycles. The van der Waals surface area contributed by atoms with Crippen LogP contribution in [0.25, 0.3) is 0 Å². The normalized spacial score (nSPS) is 23.8. The zero-order valence-corrected chi connectivity index (χ0v) is 10.9. The number of anilines is 1. The smallest absolute Gasteiger partial charge is 0.101 e. The summed E-state index contributed by atoms with van der Waals surface area (Å²) in [5.74, 6) is 0. The molecule has 1 fully saturated rings. The van der Waals surface area contributed by atoms with Gasteiger partial charge in [-0.3, -0.25) is 0 Å². The number of aliphatic hydroxyl groups is 1. The SMILES string of the molecule is CC1COC(CO)CN1c1ccc(C#N)c(Cl)c1. The first-order valence-electron chi connectivity index (χ1n) is 5.84. The van der Waals surface area contributed by atoms with Gasteiger partial charge in [-0.15, -0.1) is 0 Å². The van der Waals surface area contributed by atoms with E-state index in [9.17, 15) is 0 Å². The second kappa shape index (κ2) is 5.57. The Bertz CT molecular complexity index is 473. The molecule has 1 aromatic rings. The van der Waals surface area contributed by atoms with Gasteiger partial charge in [0.15, 0.2) is 0 Å². The summed E-state index contributed by atoms with van der Waals surface area (Å²) in [7, 11) is 0. The van der Waals surface area contributed by atoms with E-state index in [1.165, 1.54) is 0 Å². The largest absolute Gasteiger partial charge is 0.394 e. The lowest BCUT2D eigenvalue weighted by Gasteiger charge is -2.39. The van der Waals surface area contributed by atoms with Gasteiger partial charge >= 0.3 is 0 Å². The topological polar surface area (TPSA) is 56.5 Å². The van der Waals surface area contributed by atoms with Gasteiger partial charge in [-0.25, -0.2) is 0 Å². The molecule has 1 aromatic carbocycles. The third kappa shape index (κ3) is 2.59. The van der Waals surface area contributed by atoms with Crippen molar-refractivity contribution in [2.24, 2.45) is 0 Å². The molecule has 1 aliphatic heterocycles. The summed E-state index contributed by atoms with van der Waals surface area (Å²) in [5.41, 5.74) is 1.42. The van der Waals surface area contributed by atoms with Gasteiger partial charge in [0.05, 0.1) is 29.9 Å². The molecule has 0 spiro atoms. The third-order valence-electron chi connectivity index (χ3n) is 3.11. The van der Waals surface area contributed by atoms with Crippen molar-refractivity contribution in [1.82, 2.24) is 0 Å². The molecule has 0 radical (unpaired) electrons. The lowest BCUT2D eigenvalue weighted by Crippen LogP contribution is -2.49. The van der Waals surface area contributed by atoms with Crippen molar-refractivity contribution >= 4 is 17.3 Å². The fourth-order valence-electron chi connectivity index (χ4n) is 2.06. The van der Waals surface area contributed by atoms with Gasteiger partial charge in [0.2, 0.25) is 0 Å². The molecular formula is C13H15ClN2O2. The maximum Gasteiger partial charge on any atom is 0.101 e. The maximum absolute atomic E-state index is 9.16. The van der Waals surface area contributed by atoms with Crippen LogP contribution in [0.5, 0.6) is 0 Å². The van der Waals surface area contributed by atoms with Gasteiger partial charge in [-0.2, -0.15) is 5.26 Å². The predicted octanol–water partition coefficient (Wildman–Crippen LogP) is 1.80. The van der Waals surface area contributed by atoms with Gasteiger partial charge < -0.3 is 14.7 Å². The van der Waals surface area contributed by atoms with Gasteiger partial charge in [0, 0.05) is 18.3 Å².